The molecule has 0 bridgehead atoms. The molecule has 2 N–H and O–H groups in total. The van der Waals surface area contributed by atoms with Gasteiger partial charge < -0.3 is 5.32 Å². The third-order valence-electron chi connectivity index (χ3n) is 2.43. The molecule has 0 saturated heterocycles. The van der Waals surface area contributed by atoms with Gasteiger partial charge in [-0.2, -0.15) is 5.10 Å². The summed E-state index contributed by atoms with van der Waals surface area (Å²) in [5.41, 5.74) is 2.35. The highest BCUT2D eigenvalue weighted by Crippen LogP contribution is 2.08. The summed E-state index contributed by atoms with van der Waals surface area (Å²) < 4.78 is 0. The molecule has 5 heteroatoms. The zero-order chi connectivity index (χ0) is 12.7. The van der Waals surface area contributed by atoms with Gasteiger partial charge in [-0.15, -0.1) is 11.8 Å². The summed E-state index contributed by atoms with van der Waals surface area (Å²) in [5.74, 6) is 0.690. The lowest BCUT2D eigenvalue weighted by atomic mass is 10.1. The van der Waals surface area contributed by atoms with Crippen LogP contribution in [0.4, 0.5) is 0 Å². The average molecular weight is 255 g/mol. The van der Waals surface area contributed by atoms with Crippen LogP contribution in [-0.4, -0.2) is 33.7 Å². The summed E-state index contributed by atoms with van der Waals surface area (Å²) in [4.78, 5) is 11.4. The molecule has 1 aromatic rings. The maximum Gasteiger partial charge on any atom is 0.230 e. The number of hydrogen-bond acceptors (Lipinski definition) is 3. The maximum atomic E-state index is 11.4. The number of aryl methyl sites for hydroxylation is 2. The van der Waals surface area contributed by atoms with Gasteiger partial charge in [-0.3, -0.25) is 9.89 Å². The molecule has 96 valence electrons. The van der Waals surface area contributed by atoms with Crippen molar-refractivity contribution in [2.75, 3.05) is 12.3 Å². The van der Waals surface area contributed by atoms with Gasteiger partial charge in [0.25, 0.3) is 0 Å². The molecule has 0 unspecified atom stereocenters. The van der Waals surface area contributed by atoms with E-state index in [9.17, 15) is 4.79 Å². The van der Waals surface area contributed by atoms with Crippen molar-refractivity contribution in [1.29, 1.82) is 0 Å². The summed E-state index contributed by atoms with van der Waals surface area (Å²) in [6, 6.07) is 0. The molecule has 0 aliphatic carbocycles. The Bertz CT molecular complexity index is 349. The zero-order valence-electron chi connectivity index (χ0n) is 10.7. The van der Waals surface area contributed by atoms with Crippen LogP contribution in [0, 0.1) is 6.92 Å². The van der Waals surface area contributed by atoms with Crippen LogP contribution in [-0.2, 0) is 11.2 Å². The van der Waals surface area contributed by atoms with E-state index in [1.54, 1.807) is 11.8 Å². The van der Waals surface area contributed by atoms with Crippen molar-refractivity contribution in [3.63, 3.8) is 0 Å². The first-order valence-electron chi connectivity index (χ1n) is 5.96. The van der Waals surface area contributed by atoms with Gasteiger partial charge >= 0.3 is 0 Å². The number of amides is 1. The Morgan fingerprint density at radius 1 is 1.59 bits per heavy atom. The molecule has 0 radical (unpaired) electrons. The smallest absolute Gasteiger partial charge is 0.230 e. The van der Waals surface area contributed by atoms with Crippen molar-refractivity contribution in [3.8, 4) is 0 Å². The van der Waals surface area contributed by atoms with E-state index < -0.39 is 0 Å². The number of carbonyl (C=O) groups excluding carboxylic acids is 1. The molecular formula is C12H21N3OS. The summed E-state index contributed by atoms with van der Waals surface area (Å²) in [6.07, 6.45) is 3.77. The Balaban J connectivity index is 2.08. The van der Waals surface area contributed by atoms with Crippen LogP contribution in [0.2, 0.25) is 0 Å². The Kier molecular flexibility index (Phi) is 6.11. The molecule has 1 amide bonds. The van der Waals surface area contributed by atoms with Crippen LogP contribution in [0.3, 0.4) is 0 Å². The number of nitrogens with zero attached hydrogens (tertiary/aromatic N) is 1. The molecule has 1 rings (SSSR count). The van der Waals surface area contributed by atoms with Gasteiger partial charge in [0, 0.05) is 12.2 Å². The molecule has 0 spiro atoms. The number of aromatic nitrogens is 2. The zero-order valence-corrected chi connectivity index (χ0v) is 11.6. The van der Waals surface area contributed by atoms with Crippen LogP contribution in [0.1, 0.15) is 31.5 Å². The molecular weight excluding hydrogens is 234 g/mol. The minimum atomic E-state index is 0.132. The summed E-state index contributed by atoms with van der Waals surface area (Å²) >= 11 is 1.67. The highest BCUT2D eigenvalue weighted by molar-refractivity contribution is 8.00. The number of nitrogens with one attached hydrogen (secondary N) is 2. The van der Waals surface area contributed by atoms with Crippen LogP contribution in [0.5, 0.6) is 0 Å². The highest BCUT2D eigenvalue weighted by Gasteiger charge is 2.04. The third kappa shape index (κ3) is 5.77. The van der Waals surface area contributed by atoms with E-state index >= 15 is 0 Å². The first-order chi connectivity index (χ1) is 8.09. The molecule has 0 saturated carbocycles. The van der Waals surface area contributed by atoms with E-state index in [1.165, 1.54) is 5.56 Å². The Morgan fingerprint density at radius 3 is 2.94 bits per heavy atom. The topological polar surface area (TPSA) is 57.8 Å². The van der Waals surface area contributed by atoms with Gasteiger partial charge in [-0.1, -0.05) is 13.8 Å². The van der Waals surface area contributed by atoms with Crippen LogP contribution >= 0.6 is 11.8 Å². The molecule has 1 aromatic heterocycles. The fourth-order valence-corrected chi connectivity index (χ4v) is 2.01. The second-order valence-electron chi connectivity index (χ2n) is 4.33. The molecule has 0 aliphatic rings. The number of thioether (sulfide) groups is 1. The monoisotopic (exact) mass is 255 g/mol. The van der Waals surface area contributed by atoms with Crippen molar-refractivity contribution >= 4 is 17.7 Å². The number of H-pyrrole nitrogens is 1. The van der Waals surface area contributed by atoms with Crippen molar-refractivity contribution in [2.45, 2.75) is 38.9 Å². The molecule has 0 aliphatic heterocycles. The molecule has 4 nitrogen and oxygen atoms in total. The number of hydrogen-bond donors (Lipinski definition) is 2. The first-order valence-corrected chi connectivity index (χ1v) is 7.01. The van der Waals surface area contributed by atoms with Crippen molar-refractivity contribution in [1.82, 2.24) is 15.5 Å². The maximum absolute atomic E-state index is 11.4. The summed E-state index contributed by atoms with van der Waals surface area (Å²) in [6.45, 7) is 6.95. The van der Waals surface area contributed by atoms with Crippen LogP contribution < -0.4 is 5.32 Å². The van der Waals surface area contributed by atoms with Crippen molar-refractivity contribution < 1.29 is 4.79 Å². The minimum absolute atomic E-state index is 0.132. The predicted octanol–water partition coefficient (Wildman–Crippen LogP) is 1.91. The lowest BCUT2D eigenvalue weighted by Crippen LogP contribution is -2.26. The number of carbonyl (C=O) groups is 1. The fraction of sp³-hybridized carbons (Fsp3) is 0.667. The van der Waals surface area contributed by atoms with E-state index in [0.29, 0.717) is 11.0 Å². The third-order valence-corrected chi connectivity index (χ3v) is 3.52. The quantitative estimate of drug-likeness (QED) is 0.732. The minimum Gasteiger partial charge on any atom is -0.355 e. The SMILES string of the molecule is Cc1[nH]ncc1CCCNC(=O)CSC(C)C. The Morgan fingerprint density at radius 2 is 2.35 bits per heavy atom. The normalized spacial score (nSPS) is 10.8. The predicted molar refractivity (Wildman–Crippen MR) is 72.2 cm³/mol. The second-order valence-corrected chi connectivity index (χ2v) is 5.90. The average Bonchev–Trinajstić information content (AvgIpc) is 2.68. The lowest BCUT2D eigenvalue weighted by Gasteiger charge is -2.06. The van der Waals surface area contributed by atoms with E-state index in [2.05, 4.69) is 29.4 Å². The molecule has 0 fully saturated rings. The number of aromatic amines is 1. The molecule has 17 heavy (non-hydrogen) atoms. The lowest BCUT2D eigenvalue weighted by molar-refractivity contribution is -0.118. The van der Waals surface area contributed by atoms with E-state index in [-0.39, 0.29) is 5.91 Å². The van der Waals surface area contributed by atoms with E-state index in [0.717, 1.165) is 25.1 Å². The largest absolute Gasteiger partial charge is 0.355 e. The van der Waals surface area contributed by atoms with Gasteiger partial charge in [0.05, 0.1) is 11.9 Å². The Labute approximate surface area is 107 Å². The van der Waals surface area contributed by atoms with E-state index in [1.807, 2.05) is 13.1 Å². The standard InChI is InChI=1S/C12H21N3OS/c1-9(2)17-8-12(16)13-6-4-5-11-7-14-15-10(11)3/h7,9H,4-6,8H2,1-3H3,(H,13,16)(H,14,15). The van der Waals surface area contributed by atoms with Gasteiger partial charge in [0.15, 0.2) is 0 Å². The number of rotatable bonds is 7. The molecule has 0 atom stereocenters. The second kappa shape index (κ2) is 7.37. The van der Waals surface area contributed by atoms with Gasteiger partial charge in [0.1, 0.15) is 0 Å². The fourth-order valence-electron chi connectivity index (χ4n) is 1.43. The highest BCUT2D eigenvalue weighted by atomic mass is 32.2. The summed E-state index contributed by atoms with van der Waals surface area (Å²) in [5, 5.41) is 10.3. The van der Waals surface area contributed by atoms with Gasteiger partial charge in [-0.25, -0.2) is 0 Å². The van der Waals surface area contributed by atoms with Gasteiger partial charge in [0.2, 0.25) is 5.91 Å². The Hall–Kier alpha value is -0.970. The van der Waals surface area contributed by atoms with Crippen molar-refractivity contribution in [3.05, 3.63) is 17.5 Å². The van der Waals surface area contributed by atoms with Gasteiger partial charge in [-0.05, 0) is 30.6 Å². The van der Waals surface area contributed by atoms with Crippen LogP contribution in [0.15, 0.2) is 6.20 Å². The van der Waals surface area contributed by atoms with Crippen LogP contribution in [0.25, 0.3) is 0 Å². The first kappa shape index (κ1) is 14.1. The summed E-state index contributed by atoms with van der Waals surface area (Å²) in [7, 11) is 0. The van der Waals surface area contributed by atoms with Crippen molar-refractivity contribution in [2.24, 2.45) is 0 Å². The molecule has 0 aromatic carbocycles. The molecule has 1 heterocycles. The van der Waals surface area contributed by atoms with E-state index in [4.69, 9.17) is 0 Å².